The van der Waals surface area contributed by atoms with Crippen molar-refractivity contribution in [3.05, 3.63) is 34.0 Å². The highest BCUT2D eigenvalue weighted by atomic mass is 32.1. The number of carbonyl (C=O) groups excluding carboxylic acids is 1. The number of furan rings is 1. The first-order valence-corrected chi connectivity index (χ1v) is 7.45. The highest BCUT2D eigenvalue weighted by Gasteiger charge is 2.15. The summed E-state index contributed by atoms with van der Waals surface area (Å²) >= 11 is 2.68. The number of nitrogens with zero attached hydrogens (tertiary/aromatic N) is 3. The fourth-order valence-electron chi connectivity index (χ4n) is 1.55. The van der Waals surface area contributed by atoms with Crippen molar-refractivity contribution in [1.29, 1.82) is 0 Å². The van der Waals surface area contributed by atoms with Crippen molar-refractivity contribution in [3.8, 4) is 10.8 Å². The smallest absolute Gasteiger partial charge is 0.276 e. The third-order valence-corrected chi connectivity index (χ3v) is 4.05. The Hall–Kier alpha value is -2.06. The van der Waals surface area contributed by atoms with Crippen LogP contribution in [0.5, 0.6) is 0 Å². The molecule has 0 aliphatic carbocycles. The van der Waals surface area contributed by atoms with E-state index < -0.39 is 0 Å². The average Bonchev–Trinajstić information content (AvgIpc) is 3.10. The van der Waals surface area contributed by atoms with Crippen LogP contribution in [-0.2, 0) is 0 Å². The number of nitrogens with one attached hydrogen (secondary N) is 1. The molecule has 0 bridgehead atoms. The van der Waals surface area contributed by atoms with Crippen LogP contribution in [0.25, 0.3) is 10.8 Å². The summed E-state index contributed by atoms with van der Waals surface area (Å²) in [5.41, 5.74) is 0.340. The predicted molar refractivity (Wildman–Crippen MR) is 77.2 cm³/mol. The number of thiazole rings is 1. The molecule has 0 saturated heterocycles. The maximum atomic E-state index is 12.0. The van der Waals surface area contributed by atoms with Crippen molar-refractivity contribution in [2.45, 2.75) is 13.8 Å². The van der Waals surface area contributed by atoms with Crippen LogP contribution < -0.4 is 5.32 Å². The van der Waals surface area contributed by atoms with Crippen LogP contribution in [0.1, 0.15) is 21.3 Å². The molecule has 0 aliphatic rings. The van der Waals surface area contributed by atoms with E-state index in [9.17, 15) is 4.79 Å². The van der Waals surface area contributed by atoms with Gasteiger partial charge in [0, 0.05) is 5.38 Å². The van der Waals surface area contributed by atoms with Crippen molar-refractivity contribution in [1.82, 2.24) is 15.2 Å². The van der Waals surface area contributed by atoms with Crippen LogP contribution in [0.3, 0.4) is 0 Å². The molecule has 3 heterocycles. The quantitative estimate of drug-likeness (QED) is 0.804. The van der Waals surface area contributed by atoms with Crippen molar-refractivity contribution in [3.63, 3.8) is 0 Å². The zero-order valence-corrected chi connectivity index (χ0v) is 12.3. The molecule has 0 radical (unpaired) electrons. The molecule has 0 saturated carbocycles. The highest BCUT2D eigenvalue weighted by molar-refractivity contribution is 7.15. The van der Waals surface area contributed by atoms with E-state index in [1.807, 2.05) is 26.0 Å². The Balaban J connectivity index is 1.78. The first kappa shape index (κ1) is 12.9. The Morgan fingerprint density at radius 3 is 2.80 bits per heavy atom. The van der Waals surface area contributed by atoms with Crippen LogP contribution in [-0.4, -0.2) is 21.1 Å². The number of carbonyl (C=O) groups is 1. The minimum absolute atomic E-state index is 0.299. The van der Waals surface area contributed by atoms with Crippen molar-refractivity contribution < 1.29 is 9.21 Å². The second-order valence-corrected chi connectivity index (χ2v) is 6.07. The molecule has 1 amide bonds. The minimum atomic E-state index is -0.299. The maximum Gasteiger partial charge on any atom is 0.276 e. The van der Waals surface area contributed by atoms with Gasteiger partial charge >= 0.3 is 0 Å². The molecule has 6 nitrogen and oxygen atoms in total. The Morgan fingerprint density at radius 2 is 2.15 bits per heavy atom. The highest BCUT2D eigenvalue weighted by Crippen LogP contribution is 2.26. The van der Waals surface area contributed by atoms with Gasteiger partial charge < -0.3 is 4.42 Å². The third-order valence-electron chi connectivity index (χ3n) is 2.43. The molecule has 3 aromatic heterocycles. The van der Waals surface area contributed by atoms with Gasteiger partial charge in [0.15, 0.2) is 10.8 Å². The van der Waals surface area contributed by atoms with Gasteiger partial charge in [-0.25, -0.2) is 4.98 Å². The van der Waals surface area contributed by atoms with Crippen LogP contribution in [0.4, 0.5) is 5.13 Å². The van der Waals surface area contributed by atoms with E-state index in [1.165, 1.54) is 22.7 Å². The van der Waals surface area contributed by atoms with E-state index in [0.717, 1.165) is 10.8 Å². The zero-order chi connectivity index (χ0) is 14.1. The molecule has 0 spiro atoms. The monoisotopic (exact) mass is 306 g/mol. The van der Waals surface area contributed by atoms with E-state index in [4.69, 9.17) is 4.42 Å². The fourth-order valence-corrected chi connectivity index (χ4v) is 2.90. The van der Waals surface area contributed by atoms with E-state index in [-0.39, 0.29) is 5.91 Å². The normalized spacial score (nSPS) is 10.7. The van der Waals surface area contributed by atoms with Gasteiger partial charge in [0.1, 0.15) is 16.5 Å². The largest absolute Gasteiger partial charge is 0.459 e. The molecule has 0 atom stereocenters. The van der Waals surface area contributed by atoms with Gasteiger partial charge in [0.05, 0.1) is 0 Å². The van der Waals surface area contributed by atoms with Crippen LogP contribution in [0, 0.1) is 13.8 Å². The molecule has 0 fully saturated rings. The molecular formula is C12H10N4O2S2. The number of aromatic nitrogens is 3. The second-order valence-electron chi connectivity index (χ2n) is 4.03. The Labute approximate surface area is 122 Å². The number of anilines is 1. The van der Waals surface area contributed by atoms with Crippen molar-refractivity contribution in [2.75, 3.05) is 5.32 Å². The summed E-state index contributed by atoms with van der Waals surface area (Å²) in [5, 5.41) is 14.0. The fraction of sp³-hybridized carbons (Fsp3) is 0.167. The summed E-state index contributed by atoms with van der Waals surface area (Å²) in [5.74, 6) is 1.18. The van der Waals surface area contributed by atoms with E-state index in [1.54, 1.807) is 5.38 Å². The SMILES string of the molecule is Cc1ccc(-c2nc(C(=O)Nc3nnc(C)s3)cs2)o1. The first-order chi connectivity index (χ1) is 9.61. The summed E-state index contributed by atoms with van der Waals surface area (Å²) in [6.07, 6.45) is 0. The number of hydrogen-bond acceptors (Lipinski definition) is 7. The van der Waals surface area contributed by atoms with Gasteiger partial charge in [-0.2, -0.15) is 0 Å². The maximum absolute atomic E-state index is 12.0. The van der Waals surface area contributed by atoms with Crippen LogP contribution in [0.2, 0.25) is 0 Å². The lowest BCUT2D eigenvalue weighted by atomic mass is 10.4. The van der Waals surface area contributed by atoms with Crippen molar-refractivity contribution in [2.24, 2.45) is 0 Å². The Morgan fingerprint density at radius 1 is 1.30 bits per heavy atom. The minimum Gasteiger partial charge on any atom is -0.459 e. The van der Waals surface area contributed by atoms with Crippen LogP contribution in [0.15, 0.2) is 21.9 Å². The van der Waals surface area contributed by atoms with E-state index >= 15 is 0 Å². The summed E-state index contributed by atoms with van der Waals surface area (Å²) in [6, 6.07) is 3.70. The molecule has 102 valence electrons. The molecule has 3 rings (SSSR count). The van der Waals surface area contributed by atoms with E-state index in [2.05, 4.69) is 20.5 Å². The summed E-state index contributed by atoms with van der Waals surface area (Å²) in [4.78, 5) is 16.3. The predicted octanol–water partition coefficient (Wildman–Crippen LogP) is 3.12. The lowest BCUT2D eigenvalue weighted by molar-refractivity contribution is 0.102. The first-order valence-electron chi connectivity index (χ1n) is 5.75. The molecule has 3 aromatic rings. The van der Waals surface area contributed by atoms with E-state index in [0.29, 0.717) is 21.6 Å². The van der Waals surface area contributed by atoms with Gasteiger partial charge in [-0.05, 0) is 26.0 Å². The van der Waals surface area contributed by atoms with Crippen LogP contribution >= 0.6 is 22.7 Å². The Bertz CT molecular complexity index is 759. The van der Waals surface area contributed by atoms with Gasteiger partial charge in [-0.15, -0.1) is 21.5 Å². The topological polar surface area (TPSA) is 80.9 Å². The number of hydrogen-bond donors (Lipinski definition) is 1. The zero-order valence-electron chi connectivity index (χ0n) is 10.7. The average molecular weight is 306 g/mol. The summed E-state index contributed by atoms with van der Waals surface area (Å²) in [6.45, 7) is 3.69. The molecule has 8 heteroatoms. The van der Waals surface area contributed by atoms with Gasteiger partial charge in [-0.3, -0.25) is 10.1 Å². The second kappa shape index (κ2) is 5.14. The summed E-state index contributed by atoms with van der Waals surface area (Å²) in [7, 11) is 0. The van der Waals surface area contributed by atoms with Gasteiger partial charge in [0.2, 0.25) is 5.13 Å². The third kappa shape index (κ3) is 2.61. The molecule has 0 unspecified atom stereocenters. The summed E-state index contributed by atoms with van der Waals surface area (Å²) < 4.78 is 5.48. The number of amides is 1. The number of aryl methyl sites for hydroxylation is 2. The number of rotatable bonds is 3. The molecular weight excluding hydrogens is 296 g/mol. The molecule has 0 aromatic carbocycles. The molecule has 0 aliphatic heterocycles. The Kier molecular flexibility index (Phi) is 3.33. The lowest BCUT2D eigenvalue weighted by Crippen LogP contribution is -2.12. The van der Waals surface area contributed by atoms with Gasteiger partial charge in [0.25, 0.3) is 5.91 Å². The molecule has 1 N–H and O–H groups in total. The molecule has 20 heavy (non-hydrogen) atoms. The van der Waals surface area contributed by atoms with Gasteiger partial charge in [-0.1, -0.05) is 11.3 Å². The standard InChI is InChI=1S/C12H10N4O2S2/c1-6-3-4-9(18-6)11-13-8(5-19-11)10(17)14-12-16-15-7(2)20-12/h3-5H,1-2H3,(H,14,16,17). The lowest BCUT2D eigenvalue weighted by Gasteiger charge is -1.95. The van der Waals surface area contributed by atoms with Crippen molar-refractivity contribution >= 4 is 33.7 Å².